The van der Waals surface area contributed by atoms with Gasteiger partial charge in [0.25, 0.3) is 10.2 Å². The van der Waals surface area contributed by atoms with Gasteiger partial charge in [-0.05, 0) is 18.8 Å². The Labute approximate surface area is 112 Å². The smallest absolute Gasteiger partial charge is 0.322 e. The summed E-state index contributed by atoms with van der Waals surface area (Å²) in [6, 6.07) is -0.919. The maximum absolute atomic E-state index is 12.4. The number of carbonyl (C=O) groups is 1. The molecule has 0 bridgehead atoms. The monoisotopic (exact) mass is 294 g/mol. The minimum atomic E-state index is -3.62. The van der Waals surface area contributed by atoms with Crippen LogP contribution in [-0.4, -0.2) is 58.9 Å². The summed E-state index contributed by atoms with van der Waals surface area (Å²) in [7, 11) is -3.62. The van der Waals surface area contributed by atoms with Gasteiger partial charge in [-0.3, -0.25) is 4.79 Å². The Kier molecular flexibility index (Phi) is 4.20. The zero-order chi connectivity index (χ0) is 13.3. The summed E-state index contributed by atoms with van der Waals surface area (Å²) >= 11 is 1.35. The lowest BCUT2D eigenvalue weighted by Gasteiger charge is -2.33. The number of carboxylic acids is 1. The molecule has 104 valence electrons. The number of carboxylic acid groups (broad SMARTS) is 1. The molecule has 2 aliphatic rings. The molecule has 0 radical (unpaired) electrons. The number of hydrogen-bond donors (Lipinski definition) is 1. The summed E-state index contributed by atoms with van der Waals surface area (Å²) in [5, 5.41) is 9.06. The van der Waals surface area contributed by atoms with Gasteiger partial charge in [0.1, 0.15) is 6.04 Å². The lowest BCUT2D eigenvalue weighted by atomic mass is 10.0. The number of rotatable bonds is 3. The second-order valence-corrected chi connectivity index (χ2v) is 7.74. The van der Waals surface area contributed by atoms with Crippen molar-refractivity contribution in [3.05, 3.63) is 0 Å². The largest absolute Gasteiger partial charge is 0.480 e. The molecule has 1 unspecified atom stereocenters. The molecule has 2 fully saturated rings. The van der Waals surface area contributed by atoms with Gasteiger partial charge in [0, 0.05) is 18.8 Å². The van der Waals surface area contributed by atoms with E-state index in [1.807, 2.05) is 6.92 Å². The van der Waals surface area contributed by atoms with Crippen LogP contribution in [0.4, 0.5) is 0 Å². The standard InChI is InChI=1S/C10H18N2O4S2/c1-8-3-2-4-11(5-8)18(15,16)12-7-17-6-9(12)10(13)14/h8-9H,2-7H2,1H3,(H,13,14)/t8?,9-/m1/s1. The minimum absolute atomic E-state index is 0.240. The number of piperidine rings is 1. The van der Waals surface area contributed by atoms with Gasteiger partial charge in [0.05, 0.1) is 5.88 Å². The number of nitrogens with zero attached hydrogens (tertiary/aromatic N) is 2. The van der Waals surface area contributed by atoms with Gasteiger partial charge < -0.3 is 5.11 Å². The second-order valence-electron chi connectivity index (χ2n) is 4.85. The van der Waals surface area contributed by atoms with E-state index in [0.29, 0.717) is 24.8 Å². The molecule has 2 heterocycles. The van der Waals surface area contributed by atoms with Gasteiger partial charge in [-0.15, -0.1) is 11.8 Å². The summed E-state index contributed by atoms with van der Waals surface area (Å²) in [4.78, 5) is 11.1. The molecule has 0 spiro atoms. The summed E-state index contributed by atoms with van der Waals surface area (Å²) in [6.45, 7) is 3.02. The minimum Gasteiger partial charge on any atom is -0.480 e. The summed E-state index contributed by atoms with van der Waals surface area (Å²) < 4.78 is 27.4. The molecule has 0 aromatic rings. The quantitative estimate of drug-likeness (QED) is 0.816. The van der Waals surface area contributed by atoms with Crippen LogP contribution in [-0.2, 0) is 15.0 Å². The number of thioether (sulfide) groups is 1. The molecule has 6 nitrogen and oxygen atoms in total. The molecule has 0 aromatic carbocycles. The van der Waals surface area contributed by atoms with Gasteiger partial charge in [-0.1, -0.05) is 6.92 Å². The van der Waals surface area contributed by atoms with Crippen molar-refractivity contribution < 1.29 is 18.3 Å². The summed E-state index contributed by atoms with van der Waals surface area (Å²) in [5.41, 5.74) is 0. The lowest BCUT2D eigenvalue weighted by molar-refractivity contribution is -0.140. The first-order chi connectivity index (χ1) is 8.43. The Morgan fingerprint density at radius 2 is 2.17 bits per heavy atom. The molecule has 2 rings (SSSR count). The zero-order valence-corrected chi connectivity index (χ0v) is 11.9. The maximum atomic E-state index is 12.4. The zero-order valence-electron chi connectivity index (χ0n) is 10.3. The highest BCUT2D eigenvalue weighted by Crippen LogP contribution is 2.28. The van der Waals surface area contributed by atoms with E-state index in [9.17, 15) is 13.2 Å². The van der Waals surface area contributed by atoms with E-state index in [1.54, 1.807) is 0 Å². The van der Waals surface area contributed by atoms with Crippen LogP contribution in [0.25, 0.3) is 0 Å². The van der Waals surface area contributed by atoms with Gasteiger partial charge in [-0.2, -0.15) is 17.0 Å². The number of hydrogen-bond acceptors (Lipinski definition) is 4. The maximum Gasteiger partial charge on any atom is 0.322 e. The van der Waals surface area contributed by atoms with Crippen LogP contribution in [0, 0.1) is 5.92 Å². The fraction of sp³-hybridized carbons (Fsp3) is 0.900. The number of aliphatic carboxylic acids is 1. The highest BCUT2D eigenvalue weighted by molar-refractivity contribution is 8.00. The van der Waals surface area contributed by atoms with E-state index in [1.165, 1.54) is 16.1 Å². The van der Waals surface area contributed by atoms with Crippen LogP contribution in [0.1, 0.15) is 19.8 Å². The van der Waals surface area contributed by atoms with E-state index in [-0.39, 0.29) is 5.88 Å². The van der Waals surface area contributed by atoms with Crippen LogP contribution in [0.15, 0.2) is 0 Å². The van der Waals surface area contributed by atoms with Crippen molar-refractivity contribution in [2.45, 2.75) is 25.8 Å². The first kappa shape index (κ1) is 14.1. The fourth-order valence-corrected chi connectivity index (χ4v) is 5.80. The van der Waals surface area contributed by atoms with Crippen molar-refractivity contribution >= 4 is 27.9 Å². The van der Waals surface area contributed by atoms with E-state index >= 15 is 0 Å². The van der Waals surface area contributed by atoms with Gasteiger partial charge in [0.2, 0.25) is 0 Å². The molecule has 0 aliphatic carbocycles. The lowest BCUT2D eigenvalue weighted by Crippen LogP contribution is -2.51. The predicted molar refractivity (Wildman–Crippen MR) is 69.5 cm³/mol. The van der Waals surface area contributed by atoms with Crippen molar-refractivity contribution in [1.29, 1.82) is 0 Å². The van der Waals surface area contributed by atoms with Crippen molar-refractivity contribution in [1.82, 2.24) is 8.61 Å². The van der Waals surface area contributed by atoms with Crippen LogP contribution in [0.5, 0.6) is 0 Å². The first-order valence-electron chi connectivity index (χ1n) is 6.00. The van der Waals surface area contributed by atoms with E-state index < -0.39 is 22.2 Å². The first-order valence-corrected chi connectivity index (χ1v) is 8.55. The van der Waals surface area contributed by atoms with E-state index in [4.69, 9.17) is 5.11 Å². The summed E-state index contributed by atoms with van der Waals surface area (Å²) in [6.07, 6.45) is 1.88. The third-order valence-corrected chi connectivity index (χ3v) is 6.51. The topological polar surface area (TPSA) is 77.9 Å². The Bertz CT molecular complexity index is 426. The Hall–Kier alpha value is -0.310. The highest BCUT2D eigenvalue weighted by Gasteiger charge is 2.42. The van der Waals surface area contributed by atoms with Crippen LogP contribution < -0.4 is 0 Å². The third kappa shape index (κ3) is 2.66. The van der Waals surface area contributed by atoms with Crippen molar-refractivity contribution in [3.8, 4) is 0 Å². The Morgan fingerprint density at radius 3 is 2.78 bits per heavy atom. The molecule has 1 N–H and O–H groups in total. The highest BCUT2D eigenvalue weighted by atomic mass is 32.2. The van der Waals surface area contributed by atoms with E-state index in [0.717, 1.165) is 17.1 Å². The fourth-order valence-electron chi connectivity index (χ4n) is 2.35. The SMILES string of the molecule is CC1CCCN(S(=O)(=O)N2CSC[C@@H]2C(=O)O)C1. The average Bonchev–Trinajstić information content (AvgIpc) is 2.78. The van der Waals surface area contributed by atoms with Crippen molar-refractivity contribution in [2.75, 3.05) is 24.7 Å². The molecule has 2 aliphatic heterocycles. The molecule has 2 atom stereocenters. The molecular formula is C10H18N2O4S2. The van der Waals surface area contributed by atoms with Gasteiger partial charge in [-0.25, -0.2) is 0 Å². The molecule has 0 aromatic heterocycles. The summed E-state index contributed by atoms with van der Waals surface area (Å²) in [5.74, 6) is -0.150. The van der Waals surface area contributed by atoms with Gasteiger partial charge in [0.15, 0.2) is 0 Å². The predicted octanol–water partition coefficient (Wildman–Crippen LogP) is 0.423. The second kappa shape index (κ2) is 5.36. The van der Waals surface area contributed by atoms with Crippen LogP contribution in [0.2, 0.25) is 0 Å². The third-order valence-electron chi connectivity index (χ3n) is 3.37. The molecule has 8 heteroatoms. The van der Waals surface area contributed by atoms with Crippen molar-refractivity contribution in [2.24, 2.45) is 5.92 Å². The molecule has 0 saturated carbocycles. The molecule has 2 saturated heterocycles. The Morgan fingerprint density at radius 1 is 1.44 bits per heavy atom. The molecule has 18 heavy (non-hydrogen) atoms. The van der Waals surface area contributed by atoms with Gasteiger partial charge >= 0.3 is 5.97 Å². The van der Waals surface area contributed by atoms with Crippen LogP contribution in [0.3, 0.4) is 0 Å². The molecule has 0 amide bonds. The normalized spacial score (nSPS) is 31.6. The average molecular weight is 294 g/mol. The molecular weight excluding hydrogens is 276 g/mol. The van der Waals surface area contributed by atoms with Crippen LogP contribution >= 0.6 is 11.8 Å². The Balaban J connectivity index is 2.17. The van der Waals surface area contributed by atoms with E-state index in [2.05, 4.69) is 0 Å². The van der Waals surface area contributed by atoms with Crippen molar-refractivity contribution in [3.63, 3.8) is 0 Å².